The molecule has 0 radical (unpaired) electrons. The van der Waals surface area contributed by atoms with Gasteiger partial charge in [-0.1, -0.05) is 41.0 Å². The maximum absolute atomic E-state index is 13.7. The number of hydrogen-bond acceptors (Lipinski definition) is 4. The summed E-state index contributed by atoms with van der Waals surface area (Å²) < 4.78 is 26.1. The first kappa shape index (κ1) is 22.0. The fourth-order valence-electron chi connectivity index (χ4n) is 2.90. The Morgan fingerprint density at radius 2 is 1.97 bits per heavy atom. The topological polar surface area (TPSA) is 87.0 Å². The minimum absolute atomic E-state index is 0.159. The number of nitrogens with zero attached hydrogens (tertiary/aromatic N) is 2. The smallest absolute Gasteiger partial charge is 0.284 e. The van der Waals surface area contributed by atoms with Crippen LogP contribution in [-0.2, 0) is 11.2 Å². The van der Waals surface area contributed by atoms with Crippen molar-refractivity contribution in [1.29, 1.82) is 0 Å². The summed E-state index contributed by atoms with van der Waals surface area (Å²) in [7, 11) is 0. The summed E-state index contributed by atoms with van der Waals surface area (Å²) in [6.45, 7) is 1.70. The first-order valence-electron chi connectivity index (χ1n) is 9.01. The first-order valence-corrected chi connectivity index (χ1v) is 11.1. The van der Waals surface area contributed by atoms with Crippen molar-refractivity contribution in [2.75, 3.05) is 12.0 Å². The Balaban J connectivity index is 2.12. The molecule has 0 unspecified atom stereocenters. The maximum atomic E-state index is 13.7. The van der Waals surface area contributed by atoms with Crippen LogP contribution in [0.25, 0.3) is 16.9 Å². The lowest BCUT2D eigenvalue weighted by molar-refractivity contribution is 0.0941. The van der Waals surface area contributed by atoms with Crippen molar-refractivity contribution < 1.29 is 13.7 Å². The summed E-state index contributed by atoms with van der Waals surface area (Å²) in [5.74, 6) is -0.914. The lowest BCUT2D eigenvalue weighted by atomic mass is 10.1. The number of hydrogen-bond donors (Lipinski definition) is 1. The van der Waals surface area contributed by atoms with Crippen LogP contribution >= 0.6 is 11.6 Å². The van der Waals surface area contributed by atoms with E-state index in [2.05, 4.69) is 10.4 Å². The molecule has 2 aromatic carbocycles. The highest BCUT2D eigenvalue weighted by atomic mass is 35.5. The van der Waals surface area contributed by atoms with Crippen molar-refractivity contribution in [3.8, 4) is 16.9 Å². The fourth-order valence-corrected chi connectivity index (χ4v) is 3.81. The predicted molar refractivity (Wildman–Crippen MR) is 116 cm³/mol. The molecule has 1 aromatic heterocycles. The Kier molecular flexibility index (Phi) is 6.91. The molecule has 0 bridgehead atoms. The second-order valence-corrected chi connectivity index (χ2v) is 8.68. The van der Waals surface area contributed by atoms with Crippen LogP contribution in [-0.4, -0.2) is 38.3 Å². The van der Waals surface area contributed by atoms with Crippen molar-refractivity contribution >= 4 is 28.7 Å². The van der Waals surface area contributed by atoms with E-state index in [0.717, 1.165) is 10.7 Å². The second-order valence-electron chi connectivity index (χ2n) is 6.76. The number of carbonyl (C=O) groups excluding carboxylic acids is 1. The summed E-state index contributed by atoms with van der Waals surface area (Å²) in [5.41, 5.74) is 0.301. The molecule has 0 saturated heterocycles. The normalized spacial score (nSPS) is 13.0. The number of benzene rings is 2. The number of carbonyl (C=O) groups is 1. The van der Waals surface area contributed by atoms with E-state index >= 15 is 0 Å². The molecule has 9 heteroatoms. The van der Waals surface area contributed by atoms with Gasteiger partial charge in [-0.2, -0.15) is 9.78 Å². The van der Waals surface area contributed by atoms with Crippen LogP contribution in [0.15, 0.2) is 59.4 Å². The SMILES string of the molecule is C[C@@H](C[S@@+](C)[O-])NC(=O)c1cc(-c2ccc(Cl)cc2)nn(-c2cccc(F)c2)c1=O. The Labute approximate surface area is 180 Å². The van der Waals surface area contributed by atoms with Gasteiger partial charge < -0.3 is 9.87 Å². The van der Waals surface area contributed by atoms with Gasteiger partial charge in [0.25, 0.3) is 11.5 Å². The monoisotopic (exact) mass is 447 g/mol. The molecule has 1 N–H and O–H groups in total. The number of rotatable bonds is 6. The predicted octanol–water partition coefficient (Wildman–Crippen LogP) is 3.19. The molecule has 2 atom stereocenters. The summed E-state index contributed by atoms with van der Waals surface area (Å²) in [4.78, 5) is 25.8. The largest absolute Gasteiger partial charge is 0.616 e. The van der Waals surface area contributed by atoms with Gasteiger partial charge >= 0.3 is 0 Å². The van der Waals surface area contributed by atoms with E-state index in [1.165, 1.54) is 30.5 Å². The highest BCUT2D eigenvalue weighted by Crippen LogP contribution is 2.20. The van der Waals surface area contributed by atoms with E-state index in [9.17, 15) is 18.5 Å². The van der Waals surface area contributed by atoms with Crippen LogP contribution < -0.4 is 10.9 Å². The van der Waals surface area contributed by atoms with Crippen molar-refractivity contribution in [1.82, 2.24) is 15.1 Å². The van der Waals surface area contributed by atoms with Crippen molar-refractivity contribution in [3.63, 3.8) is 0 Å². The molecular formula is C21H19ClFN3O3S. The van der Waals surface area contributed by atoms with Gasteiger partial charge in [-0.15, -0.1) is 0 Å². The molecule has 0 aliphatic rings. The zero-order valence-electron chi connectivity index (χ0n) is 16.3. The molecule has 1 heterocycles. The zero-order valence-corrected chi connectivity index (χ0v) is 17.8. The summed E-state index contributed by atoms with van der Waals surface area (Å²) in [6, 6.07) is 13.1. The molecule has 0 saturated carbocycles. The van der Waals surface area contributed by atoms with Crippen LogP contribution in [0.5, 0.6) is 0 Å². The minimum atomic E-state index is -1.11. The van der Waals surface area contributed by atoms with Crippen LogP contribution in [0.4, 0.5) is 4.39 Å². The Hall–Kier alpha value is -2.68. The number of aromatic nitrogens is 2. The lowest BCUT2D eigenvalue weighted by Gasteiger charge is -2.15. The molecule has 0 fully saturated rings. The fraction of sp³-hybridized carbons (Fsp3) is 0.190. The van der Waals surface area contributed by atoms with E-state index < -0.39 is 34.5 Å². The molecule has 6 nitrogen and oxygen atoms in total. The van der Waals surface area contributed by atoms with Gasteiger partial charge in [0.2, 0.25) is 0 Å². The van der Waals surface area contributed by atoms with Crippen LogP contribution in [0.3, 0.4) is 0 Å². The quantitative estimate of drug-likeness (QED) is 0.588. The van der Waals surface area contributed by atoms with Gasteiger partial charge in [-0.25, -0.2) is 4.39 Å². The van der Waals surface area contributed by atoms with Gasteiger partial charge in [0.1, 0.15) is 17.1 Å². The van der Waals surface area contributed by atoms with Crippen molar-refractivity contribution in [2.24, 2.45) is 0 Å². The highest BCUT2D eigenvalue weighted by molar-refractivity contribution is 7.90. The van der Waals surface area contributed by atoms with Crippen molar-refractivity contribution in [2.45, 2.75) is 13.0 Å². The van der Waals surface area contributed by atoms with Crippen LogP contribution in [0.2, 0.25) is 5.02 Å². The van der Waals surface area contributed by atoms with Gasteiger partial charge in [0.15, 0.2) is 0 Å². The molecule has 3 aromatic rings. The minimum Gasteiger partial charge on any atom is -0.616 e. The van der Waals surface area contributed by atoms with E-state index in [1.54, 1.807) is 31.2 Å². The second kappa shape index (κ2) is 9.42. The Bertz CT molecular complexity index is 1120. The third kappa shape index (κ3) is 5.27. The zero-order chi connectivity index (χ0) is 21.8. The van der Waals surface area contributed by atoms with E-state index in [0.29, 0.717) is 16.3 Å². The number of halogens is 2. The lowest BCUT2D eigenvalue weighted by Crippen LogP contribution is -2.41. The molecule has 30 heavy (non-hydrogen) atoms. The van der Waals surface area contributed by atoms with Gasteiger partial charge in [0.05, 0.1) is 23.7 Å². The third-order valence-corrected chi connectivity index (χ3v) is 5.43. The third-order valence-electron chi connectivity index (χ3n) is 4.21. The number of amides is 1. The Morgan fingerprint density at radius 3 is 2.60 bits per heavy atom. The summed E-state index contributed by atoms with van der Waals surface area (Å²) >= 11 is 4.83. The molecule has 156 valence electrons. The van der Waals surface area contributed by atoms with Gasteiger partial charge in [-0.3, -0.25) is 9.59 Å². The molecule has 0 aliphatic heterocycles. The van der Waals surface area contributed by atoms with E-state index in [1.807, 2.05) is 0 Å². The summed E-state index contributed by atoms with van der Waals surface area (Å²) in [5, 5.41) is 7.52. The van der Waals surface area contributed by atoms with E-state index in [-0.39, 0.29) is 17.0 Å². The molecule has 1 amide bonds. The maximum Gasteiger partial charge on any atom is 0.284 e. The molecule has 3 rings (SSSR count). The standard InChI is InChI=1S/C21H19ClFN3O3S/c1-13(12-30(2)29)24-20(27)18-11-19(14-6-8-15(22)9-7-14)25-26(21(18)28)17-5-3-4-16(23)10-17/h3-11,13H,12H2,1-2H3,(H,24,27)/t13-,30+/m0/s1. The van der Waals surface area contributed by atoms with Gasteiger partial charge in [-0.05, 0) is 43.3 Å². The molecule has 0 aliphatic carbocycles. The van der Waals surface area contributed by atoms with Crippen molar-refractivity contribution in [3.05, 3.63) is 81.4 Å². The molecular weight excluding hydrogens is 429 g/mol. The van der Waals surface area contributed by atoms with E-state index in [4.69, 9.17) is 11.6 Å². The average Bonchev–Trinajstić information content (AvgIpc) is 2.68. The average molecular weight is 448 g/mol. The number of nitrogens with one attached hydrogen (secondary N) is 1. The molecule has 0 spiro atoms. The van der Waals surface area contributed by atoms with Crippen LogP contribution in [0.1, 0.15) is 17.3 Å². The Morgan fingerprint density at radius 1 is 1.27 bits per heavy atom. The highest BCUT2D eigenvalue weighted by Gasteiger charge is 2.20. The van der Waals surface area contributed by atoms with Gasteiger partial charge in [0, 0.05) is 10.6 Å². The summed E-state index contributed by atoms with van der Waals surface area (Å²) in [6.07, 6.45) is 1.53. The van der Waals surface area contributed by atoms with Crippen LogP contribution in [0, 0.1) is 5.82 Å². The first-order chi connectivity index (χ1) is 14.2.